The second-order valence-corrected chi connectivity index (χ2v) is 6.39. The lowest BCUT2D eigenvalue weighted by molar-refractivity contribution is -0.126. The second-order valence-electron chi connectivity index (χ2n) is 6.39. The fraction of sp³-hybridized carbons (Fsp3) is 0.500. The van der Waals surface area contributed by atoms with Crippen molar-refractivity contribution in [1.82, 2.24) is 10.6 Å². The number of amides is 1. The number of carbonyl (C=O) groups is 1. The van der Waals surface area contributed by atoms with Gasteiger partial charge in [0.2, 0.25) is 5.91 Å². The summed E-state index contributed by atoms with van der Waals surface area (Å²) in [5, 5.41) is 7.63. The number of furan rings is 1. The maximum atomic E-state index is 12.5. The van der Waals surface area contributed by atoms with Gasteiger partial charge in [0.1, 0.15) is 11.3 Å². The van der Waals surface area contributed by atoms with E-state index in [0.717, 1.165) is 41.7 Å². The summed E-state index contributed by atoms with van der Waals surface area (Å²) in [6, 6.07) is 8.30. The lowest BCUT2D eigenvalue weighted by Gasteiger charge is -2.28. The van der Waals surface area contributed by atoms with Crippen LogP contribution in [0.25, 0.3) is 11.0 Å². The molecule has 4 nitrogen and oxygen atoms in total. The number of piperidine rings is 1. The van der Waals surface area contributed by atoms with Gasteiger partial charge in [-0.05, 0) is 46.2 Å². The smallest absolute Gasteiger partial charge is 0.223 e. The van der Waals surface area contributed by atoms with E-state index in [9.17, 15) is 4.79 Å². The van der Waals surface area contributed by atoms with Crippen LogP contribution < -0.4 is 10.6 Å². The van der Waals surface area contributed by atoms with E-state index >= 15 is 0 Å². The highest BCUT2D eigenvalue weighted by Gasteiger charge is 2.27. The number of carbonyl (C=O) groups excluding carboxylic acids is 1. The molecule has 0 spiro atoms. The van der Waals surface area contributed by atoms with Crippen molar-refractivity contribution in [1.29, 1.82) is 0 Å². The average molecular weight is 300 g/mol. The molecule has 22 heavy (non-hydrogen) atoms. The number of hydrogen-bond acceptors (Lipinski definition) is 3. The molecule has 1 aromatic carbocycles. The van der Waals surface area contributed by atoms with Crippen LogP contribution >= 0.6 is 0 Å². The van der Waals surface area contributed by atoms with Gasteiger partial charge in [-0.25, -0.2) is 0 Å². The second kappa shape index (κ2) is 6.13. The first-order valence-electron chi connectivity index (χ1n) is 8.08. The summed E-state index contributed by atoms with van der Waals surface area (Å²) < 4.78 is 5.94. The van der Waals surface area contributed by atoms with E-state index in [4.69, 9.17) is 4.42 Å². The highest BCUT2D eigenvalue weighted by atomic mass is 16.3. The summed E-state index contributed by atoms with van der Waals surface area (Å²) in [6.45, 7) is 7.09. The van der Waals surface area contributed by atoms with Gasteiger partial charge in [0.25, 0.3) is 0 Å². The lowest BCUT2D eigenvalue weighted by atomic mass is 9.92. The minimum absolute atomic E-state index is 0.100. The molecule has 1 amide bonds. The van der Waals surface area contributed by atoms with Gasteiger partial charge >= 0.3 is 0 Å². The normalized spacial score (nSPS) is 23.4. The number of benzene rings is 1. The Morgan fingerprint density at radius 3 is 2.91 bits per heavy atom. The minimum Gasteiger partial charge on any atom is -0.459 e. The van der Waals surface area contributed by atoms with Gasteiger partial charge in [-0.3, -0.25) is 4.79 Å². The van der Waals surface area contributed by atoms with Crippen LogP contribution in [0.2, 0.25) is 0 Å². The summed E-state index contributed by atoms with van der Waals surface area (Å²) in [5.41, 5.74) is 1.99. The van der Waals surface area contributed by atoms with Gasteiger partial charge in [0.15, 0.2) is 0 Å². The van der Waals surface area contributed by atoms with Crippen molar-refractivity contribution in [3.63, 3.8) is 0 Å². The van der Waals surface area contributed by atoms with Crippen molar-refractivity contribution in [2.24, 2.45) is 5.92 Å². The topological polar surface area (TPSA) is 54.3 Å². The molecule has 1 unspecified atom stereocenters. The zero-order valence-electron chi connectivity index (χ0n) is 13.5. The summed E-state index contributed by atoms with van der Waals surface area (Å²) in [6.07, 6.45) is 1.81. The maximum Gasteiger partial charge on any atom is 0.223 e. The number of fused-ring (bicyclic) bond motifs is 1. The molecule has 0 bridgehead atoms. The van der Waals surface area contributed by atoms with Crippen molar-refractivity contribution in [2.75, 3.05) is 6.54 Å². The fourth-order valence-electron chi connectivity index (χ4n) is 3.37. The molecule has 0 saturated carbocycles. The number of para-hydroxylation sites is 1. The lowest BCUT2D eigenvalue weighted by Crippen LogP contribution is -2.43. The largest absolute Gasteiger partial charge is 0.459 e. The number of nitrogens with one attached hydrogen (secondary N) is 2. The molecule has 3 atom stereocenters. The van der Waals surface area contributed by atoms with Crippen molar-refractivity contribution >= 4 is 16.9 Å². The van der Waals surface area contributed by atoms with Crippen LogP contribution in [-0.2, 0) is 4.79 Å². The molecule has 2 N–H and O–H groups in total. The van der Waals surface area contributed by atoms with E-state index in [0.29, 0.717) is 6.04 Å². The molecule has 1 aliphatic rings. The number of aryl methyl sites for hydroxylation is 1. The van der Waals surface area contributed by atoms with E-state index in [1.807, 2.05) is 25.1 Å². The zero-order chi connectivity index (χ0) is 15.7. The van der Waals surface area contributed by atoms with E-state index in [-0.39, 0.29) is 17.9 Å². The molecule has 118 valence electrons. The Kier molecular flexibility index (Phi) is 4.21. The fourth-order valence-corrected chi connectivity index (χ4v) is 3.37. The molecule has 3 rings (SSSR count). The first-order valence-corrected chi connectivity index (χ1v) is 8.08. The third kappa shape index (κ3) is 2.88. The monoisotopic (exact) mass is 300 g/mol. The molecular weight excluding hydrogens is 276 g/mol. The minimum atomic E-state index is -0.106. The van der Waals surface area contributed by atoms with E-state index < -0.39 is 0 Å². The maximum absolute atomic E-state index is 12.5. The number of rotatable bonds is 3. The van der Waals surface area contributed by atoms with Crippen molar-refractivity contribution < 1.29 is 9.21 Å². The molecule has 1 aromatic heterocycles. The van der Waals surface area contributed by atoms with E-state index in [1.54, 1.807) is 0 Å². The zero-order valence-corrected chi connectivity index (χ0v) is 13.5. The Labute approximate surface area is 131 Å². The Morgan fingerprint density at radius 1 is 1.41 bits per heavy atom. The van der Waals surface area contributed by atoms with Crippen LogP contribution in [0.4, 0.5) is 0 Å². The summed E-state index contributed by atoms with van der Waals surface area (Å²) in [7, 11) is 0. The van der Waals surface area contributed by atoms with Gasteiger partial charge in [0.05, 0.1) is 6.04 Å². The Morgan fingerprint density at radius 2 is 2.18 bits per heavy atom. The Balaban J connectivity index is 1.74. The van der Waals surface area contributed by atoms with Crippen LogP contribution in [0.3, 0.4) is 0 Å². The molecule has 0 radical (unpaired) electrons. The van der Waals surface area contributed by atoms with Gasteiger partial charge in [-0.15, -0.1) is 0 Å². The first kappa shape index (κ1) is 15.1. The Hall–Kier alpha value is -1.81. The first-order chi connectivity index (χ1) is 10.6. The predicted octanol–water partition coefficient (Wildman–Crippen LogP) is 3.31. The van der Waals surface area contributed by atoms with Crippen LogP contribution in [0.1, 0.15) is 44.1 Å². The van der Waals surface area contributed by atoms with Crippen LogP contribution in [0.5, 0.6) is 0 Å². The van der Waals surface area contributed by atoms with Gasteiger partial charge in [-0.1, -0.05) is 18.2 Å². The number of hydrogen-bond donors (Lipinski definition) is 2. The van der Waals surface area contributed by atoms with Gasteiger partial charge in [-0.2, -0.15) is 0 Å². The highest BCUT2D eigenvalue weighted by molar-refractivity contribution is 5.83. The van der Waals surface area contributed by atoms with Crippen LogP contribution in [-0.4, -0.2) is 18.5 Å². The third-order valence-corrected chi connectivity index (χ3v) is 4.63. The molecule has 4 heteroatoms. The summed E-state index contributed by atoms with van der Waals surface area (Å²) in [5.74, 6) is 1.10. The van der Waals surface area contributed by atoms with Crippen LogP contribution in [0, 0.1) is 12.8 Å². The standard InChI is InChI=1S/C18H24N2O2/c1-11-10-14(8-9-19-11)18(21)20-13(3)17-12(2)15-6-4-5-7-16(15)22-17/h4-7,11,13-14,19H,8-10H2,1-3H3,(H,20,21)/t11-,13?,14-/m0/s1. The molecule has 1 saturated heterocycles. The van der Waals surface area contributed by atoms with Crippen LogP contribution in [0.15, 0.2) is 28.7 Å². The summed E-state index contributed by atoms with van der Waals surface area (Å²) >= 11 is 0. The molecule has 2 heterocycles. The SMILES string of the molecule is Cc1c(C(C)NC(=O)[C@H]2CCN[C@@H](C)C2)oc2ccccc12. The molecule has 1 fully saturated rings. The van der Waals surface area contributed by atoms with Gasteiger partial charge in [0, 0.05) is 22.9 Å². The highest BCUT2D eigenvalue weighted by Crippen LogP contribution is 2.29. The molecule has 0 aliphatic carbocycles. The average Bonchev–Trinajstić information content (AvgIpc) is 2.85. The van der Waals surface area contributed by atoms with Crippen molar-refractivity contribution in [3.8, 4) is 0 Å². The predicted molar refractivity (Wildman–Crippen MR) is 87.7 cm³/mol. The molecule has 1 aliphatic heterocycles. The third-order valence-electron chi connectivity index (χ3n) is 4.63. The Bertz CT molecular complexity index is 677. The van der Waals surface area contributed by atoms with Crippen molar-refractivity contribution in [3.05, 3.63) is 35.6 Å². The van der Waals surface area contributed by atoms with E-state index in [1.165, 1.54) is 0 Å². The van der Waals surface area contributed by atoms with Crippen molar-refractivity contribution in [2.45, 2.75) is 45.7 Å². The summed E-state index contributed by atoms with van der Waals surface area (Å²) in [4.78, 5) is 12.5. The van der Waals surface area contributed by atoms with Gasteiger partial charge < -0.3 is 15.1 Å². The molecular formula is C18H24N2O2. The van der Waals surface area contributed by atoms with E-state index in [2.05, 4.69) is 30.5 Å². The quantitative estimate of drug-likeness (QED) is 0.914. The molecule has 2 aromatic rings.